The Hall–Kier alpha value is -1.22. The van der Waals surface area contributed by atoms with Crippen LogP contribution >= 0.6 is 0 Å². The molecule has 0 fully saturated rings. The molecule has 16 heavy (non-hydrogen) atoms. The van der Waals surface area contributed by atoms with Crippen molar-refractivity contribution in [2.24, 2.45) is 0 Å². The normalized spacial score (nSPS) is 10.2. The predicted octanol–water partition coefficient (Wildman–Crippen LogP) is 2.42. The maximum Gasteiger partial charge on any atom is 0.126 e. The topological polar surface area (TPSA) is 32.7 Å². The Kier molecular flexibility index (Phi) is 5.12. The summed E-state index contributed by atoms with van der Waals surface area (Å²) < 4.78 is 5.52. The third-order valence-electron chi connectivity index (χ3n) is 2.65. The van der Waals surface area contributed by atoms with E-state index in [1.165, 1.54) is 0 Å². The monoisotopic (exact) mass is 223 g/mol. The van der Waals surface area contributed by atoms with E-state index in [0.29, 0.717) is 6.61 Å². The van der Waals surface area contributed by atoms with Gasteiger partial charge in [-0.05, 0) is 26.8 Å². The molecule has 0 spiro atoms. The summed E-state index contributed by atoms with van der Waals surface area (Å²) in [6.07, 6.45) is 0. The van der Waals surface area contributed by atoms with Crippen LogP contribution in [0, 0.1) is 0 Å². The largest absolute Gasteiger partial charge is 0.493 e. The summed E-state index contributed by atoms with van der Waals surface area (Å²) in [5.74, 6) is 0.786. The Morgan fingerprint density at radius 3 is 2.38 bits per heavy atom. The number of aliphatic hydroxyl groups excluding tert-OH is 1. The summed E-state index contributed by atoms with van der Waals surface area (Å²) in [6.45, 7) is 8.79. The van der Waals surface area contributed by atoms with Crippen molar-refractivity contribution >= 4 is 5.69 Å². The fraction of sp³-hybridized carbons (Fsp3) is 0.538. The minimum absolute atomic E-state index is 0.0217. The van der Waals surface area contributed by atoms with Crippen molar-refractivity contribution in [3.05, 3.63) is 23.8 Å². The molecule has 3 heteroatoms. The molecule has 0 aliphatic carbocycles. The van der Waals surface area contributed by atoms with Crippen molar-refractivity contribution in [1.82, 2.24) is 0 Å². The standard InChI is InChI=1S/C13H21NO2/c1-4-14(5-2)12-8-7-11(10-15)13(9-12)16-6-3/h7-9,15H,4-6,10H2,1-3H3. The molecule has 0 aromatic heterocycles. The van der Waals surface area contributed by atoms with E-state index in [4.69, 9.17) is 4.74 Å². The summed E-state index contributed by atoms with van der Waals surface area (Å²) in [4.78, 5) is 2.25. The summed E-state index contributed by atoms with van der Waals surface area (Å²) in [5.41, 5.74) is 1.99. The van der Waals surface area contributed by atoms with E-state index in [9.17, 15) is 5.11 Å². The Morgan fingerprint density at radius 2 is 1.88 bits per heavy atom. The van der Waals surface area contributed by atoms with E-state index in [1.807, 2.05) is 25.1 Å². The highest BCUT2D eigenvalue weighted by Crippen LogP contribution is 2.25. The number of benzene rings is 1. The Labute approximate surface area is 97.7 Å². The first-order valence-corrected chi connectivity index (χ1v) is 5.88. The van der Waals surface area contributed by atoms with Crippen molar-refractivity contribution in [3.8, 4) is 5.75 Å². The van der Waals surface area contributed by atoms with Crippen LogP contribution < -0.4 is 9.64 Å². The molecular weight excluding hydrogens is 202 g/mol. The van der Waals surface area contributed by atoms with Gasteiger partial charge in [0.2, 0.25) is 0 Å². The third kappa shape index (κ3) is 2.89. The van der Waals surface area contributed by atoms with E-state index >= 15 is 0 Å². The van der Waals surface area contributed by atoms with Crippen LogP contribution in [0.1, 0.15) is 26.3 Å². The first-order chi connectivity index (χ1) is 7.76. The van der Waals surface area contributed by atoms with Gasteiger partial charge in [-0.25, -0.2) is 0 Å². The first-order valence-electron chi connectivity index (χ1n) is 5.88. The molecule has 3 nitrogen and oxygen atoms in total. The van der Waals surface area contributed by atoms with E-state index in [2.05, 4.69) is 18.7 Å². The van der Waals surface area contributed by atoms with Gasteiger partial charge >= 0.3 is 0 Å². The second-order valence-electron chi connectivity index (χ2n) is 3.56. The Morgan fingerprint density at radius 1 is 1.19 bits per heavy atom. The fourth-order valence-corrected chi connectivity index (χ4v) is 1.75. The average Bonchev–Trinajstić information content (AvgIpc) is 2.31. The second-order valence-corrected chi connectivity index (χ2v) is 3.56. The van der Waals surface area contributed by atoms with Crippen LogP contribution in [-0.4, -0.2) is 24.8 Å². The van der Waals surface area contributed by atoms with Gasteiger partial charge in [0.1, 0.15) is 5.75 Å². The van der Waals surface area contributed by atoms with Crippen molar-refractivity contribution in [3.63, 3.8) is 0 Å². The van der Waals surface area contributed by atoms with Gasteiger partial charge in [0.05, 0.1) is 13.2 Å². The lowest BCUT2D eigenvalue weighted by molar-refractivity contribution is 0.267. The quantitative estimate of drug-likeness (QED) is 0.804. The van der Waals surface area contributed by atoms with Crippen LogP contribution in [0.15, 0.2) is 18.2 Å². The molecule has 0 aliphatic rings. The van der Waals surface area contributed by atoms with Crippen LogP contribution in [0.25, 0.3) is 0 Å². The maximum atomic E-state index is 9.20. The van der Waals surface area contributed by atoms with Gasteiger partial charge in [0.25, 0.3) is 0 Å². The molecule has 90 valence electrons. The van der Waals surface area contributed by atoms with E-state index in [-0.39, 0.29) is 6.61 Å². The summed E-state index contributed by atoms with van der Waals surface area (Å²) in [6, 6.07) is 5.96. The highest BCUT2D eigenvalue weighted by atomic mass is 16.5. The molecule has 0 bridgehead atoms. The van der Waals surface area contributed by atoms with E-state index in [0.717, 1.165) is 30.1 Å². The second kappa shape index (κ2) is 6.38. The molecule has 0 heterocycles. The van der Waals surface area contributed by atoms with Crippen LogP contribution in [0.3, 0.4) is 0 Å². The lowest BCUT2D eigenvalue weighted by Crippen LogP contribution is -2.21. The van der Waals surface area contributed by atoms with Crippen LogP contribution in [-0.2, 0) is 6.61 Å². The van der Waals surface area contributed by atoms with Gasteiger partial charge in [0, 0.05) is 30.4 Å². The molecule has 0 saturated carbocycles. The maximum absolute atomic E-state index is 9.20. The molecule has 0 radical (unpaired) electrons. The number of nitrogens with zero attached hydrogens (tertiary/aromatic N) is 1. The SMILES string of the molecule is CCOc1cc(N(CC)CC)ccc1CO. The molecule has 1 N–H and O–H groups in total. The van der Waals surface area contributed by atoms with E-state index in [1.54, 1.807) is 0 Å². The molecule has 1 aromatic rings. The number of hydrogen-bond donors (Lipinski definition) is 1. The highest BCUT2D eigenvalue weighted by molar-refractivity contribution is 5.53. The van der Waals surface area contributed by atoms with Gasteiger partial charge in [-0.15, -0.1) is 0 Å². The zero-order chi connectivity index (χ0) is 12.0. The van der Waals surface area contributed by atoms with Crippen LogP contribution in [0.5, 0.6) is 5.75 Å². The number of hydrogen-bond acceptors (Lipinski definition) is 3. The Balaban J connectivity index is 3.00. The number of aliphatic hydroxyl groups is 1. The molecule has 0 saturated heterocycles. The summed E-state index contributed by atoms with van der Waals surface area (Å²) >= 11 is 0. The average molecular weight is 223 g/mol. The van der Waals surface area contributed by atoms with Gasteiger partial charge in [-0.2, -0.15) is 0 Å². The van der Waals surface area contributed by atoms with Gasteiger partial charge in [0.15, 0.2) is 0 Å². The van der Waals surface area contributed by atoms with Crippen molar-refractivity contribution in [2.45, 2.75) is 27.4 Å². The zero-order valence-electron chi connectivity index (χ0n) is 10.4. The van der Waals surface area contributed by atoms with Crippen molar-refractivity contribution in [1.29, 1.82) is 0 Å². The lowest BCUT2D eigenvalue weighted by Gasteiger charge is -2.22. The molecule has 0 aliphatic heterocycles. The van der Waals surface area contributed by atoms with E-state index < -0.39 is 0 Å². The van der Waals surface area contributed by atoms with Gasteiger partial charge < -0.3 is 14.7 Å². The molecule has 0 atom stereocenters. The predicted molar refractivity (Wildman–Crippen MR) is 67.1 cm³/mol. The molecule has 1 aromatic carbocycles. The van der Waals surface area contributed by atoms with Gasteiger partial charge in [-0.1, -0.05) is 6.07 Å². The molecule has 0 unspecified atom stereocenters. The Bertz CT molecular complexity index is 322. The van der Waals surface area contributed by atoms with Crippen LogP contribution in [0.2, 0.25) is 0 Å². The summed E-state index contributed by atoms with van der Waals surface area (Å²) in [7, 11) is 0. The first kappa shape index (κ1) is 12.8. The summed E-state index contributed by atoms with van der Waals surface area (Å²) in [5, 5.41) is 9.20. The van der Waals surface area contributed by atoms with Crippen LogP contribution in [0.4, 0.5) is 5.69 Å². The third-order valence-corrected chi connectivity index (χ3v) is 2.65. The van der Waals surface area contributed by atoms with Crippen molar-refractivity contribution in [2.75, 3.05) is 24.6 Å². The fourth-order valence-electron chi connectivity index (χ4n) is 1.75. The molecule has 0 amide bonds. The minimum atomic E-state index is 0.0217. The van der Waals surface area contributed by atoms with Gasteiger partial charge in [-0.3, -0.25) is 0 Å². The highest BCUT2D eigenvalue weighted by Gasteiger charge is 2.07. The van der Waals surface area contributed by atoms with Crippen molar-refractivity contribution < 1.29 is 9.84 Å². The zero-order valence-corrected chi connectivity index (χ0v) is 10.4. The number of rotatable bonds is 6. The molecule has 1 rings (SSSR count). The molecular formula is C13H21NO2. The minimum Gasteiger partial charge on any atom is -0.493 e. The number of ether oxygens (including phenoxy) is 1. The smallest absolute Gasteiger partial charge is 0.126 e. The lowest BCUT2D eigenvalue weighted by atomic mass is 10.1. The number of anilines is 1.